The van der Waals surface area contributed by atoms with Gasteiger partial charge in [-0.1, -0.05) is 13.8 Å². The minimum atomic E-state index is -5.35. The Kier molecular flexibility index (Phi) is 5.85. The van der Waals surface area contributed by atoms with E-state index in [0.717, 1.165) is 19.3 Å². The lowest BCUT2D eigenvalue weighted by Gasteiger charge is -2.31. The standard InChI is InChI=1S/C11H25NO7P2/c1-3-10(4-2)5-7-12(9-10)8-6-11(13,20(14,15)16)21(17,18)19/h13H,3-9H2,1-2H3,(H2,14,15,16)(H2,17,18,19). The molecular weight excluding hydrogens is 320 g/mol. The van der Waals surface area contributed by atoms with Gasteiger partial charge in [-0.05, 0) is 31.2 Å². The third-order valence-electron chi connectivity index (χ3n) is 4.71. The molecule has 0 saturated carbocycles. The fraction of sp³-hybridized carbons (Fsp3) is 1.00. The van der Waals surface area contributed by atoms with E-state index in [-0.39, 0.29) is 12.0 Å². The van der Waals surface area contributed by atoms with Crippen LogP contribution in [0.15, 0.2) is 0 Å². The van der Waals surface area contributed by atoms with Gasteiger partial charge in [0.05, 0.1) is 0 Å². The van der Waals surface area contributed by atoms with Gasteiger partial charge in [-0.15, -0.1) is 0 Å². The largest absolute Gasteiger partial charge is 0.369 e. The first-order chi connectivity index (χ1) is 9.41. The van der Waals surface area contributed by atoms with Gasteiger partial charge in [0.1, 0.15) is 0 Å². The monoisotopic (exact) mass is 345 g/mol. The van der Waals surface area contributed by atoms with Crippen molar-refractivity contribution in [1.29, 1.82) is 0 Å². The zero-order valence-corrected chi connectivity index (χ0v) is 14.1. The van der Waals surface area contributed by atoms with E-state index in [1.54, 1.807) is 0 Å². The lowest BCUT2D eigenvalue weighted by molar-refractivity contribution is 0.109. The van der Waals surface area contributed by atoms with E-state index < -0.39 is 26.7 Å². The van der Waals surface area contributed by atoms with Gasteiger partial charge in [0, 0.05) is 19.5 Å². The van der Waals surface area contributed by atoms with Crippen LogP contribution in [0.3, 0.4) is 0 Å². The summed E-state index contributed by atoms with van der Waals surface area (Å²) in [5, 5.41) is 6.53. The Morgan fingerprint density at radius 2 is 1.57 bits per heavy atom. The average Bonchev–Trinajstić information content (AvgIpc) is 2.77. The summed E-state index contributed by atoms with van der Waals surface area (Å²) in [5.41, 5.74) is 0.141. The van der Waals surface area contributed by atoms with Crippen LogP contribution in [0, 0.1) is 5.41 Å². The summed E-state index contributed by atoms with van der Waals surface area (Å²) in [7, 11) is -10.7. The molecular formula is C11H25NO7P2. The molecule has 0 aromatic heterocycles. The first-order valence-electron chi connectivity index (χ1n) is 6.97. The third kappa shape index (κ3) is 3.95. The van der Waals surface area contributed by atoms with Gasteiger partial charge in [-0.3, -0.25) is 9.13 Å². The van der Waals surface area contributed by atoms with Gasteiger partial charge in [-0.25, -0.2) is 0 Å². The quantitative estimate of drug-likeness (QED) is 0.429. The lowest BCUT2D eigenvalue weighted by atomic mass is 9.82. The van der Waals surface area contributed by atoms with E-state index in [1.807, 2.05) is 4.90 Å². The molecule has 0 aromatic carbocycles. The summed E-state index contributed by atoms with van der Waals surface area (Å²) < 4.78 is 22.6. The van der Waals surface area contributed by atoms with E-state index >= 15 is 0 Å². The topological polar surface area (TPSA) is 139 Å². The maximum absolute atomic E-state index is 11.3. The fourth-order valence-corrected chi connectivity index (χ4v) is 4.96. The van der Waals surface area contributed by atoms with Crippen molar-refractivity contribution in [2.24, 2.45) is 5.41 Å². The molecule has 0 aliphatic carbocycles. The SMILES string of the molecule is CCC1(CC)CCN(CCC(O)(P(=O)(O)O)P(=O)(O)O)C1. The number of hydrogen-bond donors (Lipinski definition) is 5. The average molecular weight is 345 g/mol. The minimum Gasteiger partial charge on any atom is -0.367 e. The molecule has 0 radical (unpaired) electrons. The van der Waals surface area contributed by atoms with Crippen LogP contribution in [0.1, 0.15) is 39.5 Å². The van der Waals surface area contributed by atoms with E-state index in [9.17, 15) is 14.2 Å². The minimum absolute atomic E-state index is 0.0362. The predicted molar refractivity (Wildman–Crippen MR) is 77.7 cm³/mol. The van der Waals surface area contributed by atoms with Crippen molar-refractivity contribution < 1.29 is 33.8 Å². The first kappa shape index (κ1) is 19.3. The Labute approximate surface area is 124 Å². The molecule has 1 heterocycles. The first-order valence-corrected chi connectivity index (χ1v) is 10.2. The van der Waals surface area contributed by atoms with Crippen molar-refractivity contribution in [3.63, 3.8) is 0 Å². The Bertz CT molecular complexity index is 431. The summed E-state index contributed by atoms with van der Waals surface area (Å²) in [6.45, 7) is 5.59. The van der Waals surface area contributed by atoms with Crippen molar-refractivity contribution in [3.8, 4) is 0 Å². The van der Waals surface area contributed by atoms with Crippen LogP contribution < -0.4 is 0 Å². The van der Waals surface area contributed by atoms with Crippen LogP contribution in [0.4, 0.5) is 0 Å². The fourth-order valence-electron chi connectivity index (χ4n) is 2.81. The van der Waals surface area contributed by atoms with Crippen LogP contribution >= 0.6 is 15.2 Å². The number of rotatable bonds is 7. The second-order valence-corrected chi connectivity index (χ2v) is 9.85. The molecule has 0 spiro atoms. The summed E-state index contributed by atoms with van der Waals surface area (Å²) in [6.07, 6.45) is 2.22. The molecule has 5 N–H and O–H groups in total. The van der Waals surface area contributed by atoms with Gasteiger partial charge in [0.25, 0.3) is 5.08 Å². The van der Waals surface area contributed by atoms with E-state index in [1.165, 1.54) is 0 Å². The second-order valence-electron chi connectivity index (χ2n) is 5.85. The van der Waals surface area contributed by atoms with Crippen molar-refractivity contribution in [1.82, 2.24) is 4.90 Å². The van der Waals surface area contributed by atoms with Crippen LogP contribution in [0.5, 0.6) is 0 Å². The molecule has 0 unspecified atom stereocenters. The van der Waals surface area contributed by atoms with Crippen LogP contribution in [-0.4, -0.2) is 54.3 Å². The molecule has 1 fully saturated rings. The number of nitrogens with zero attached hydrogens (tertiary/aromatic N) is 1. The molecule has 126 valence electrons. The normalized spacial score (nSPS) is 20.9. The number of aliphatic hydroxyl groups is 1. The highest BCUT2D eigenvalue weighted by Gasteiger charge is 2.59. The summed E-state index contributed by atoms with van der Waals surface area (Å²) >= 11 is 0. The Balaban J connectivity index is 2.78. The molecule has 0 amide bonds. The van der Waals surface area contributed by atoms with Crippen LogP contribution in [0.25, 0.3) is 0 Å². The molecule has 1 saturated heterocycles. The zero-order chi connectivity index (χ0) is 16.5. The van der Waals surface area contributed by atoms with Crippen molar-refractivity contribution in [3.05, 3.63) is 0 Å². The van der Waals surface area contributed by atoms with Gasteiger partial charge >= 0.3 is 15.2 Å². The smallest absolute Gasteiger partial charge is 0.367 e. The molecule has 1 rings (SSSR count). The van der Waals surface area contributed by atoms with Gasteiger partial charge in [0.15, 0.2) is 0 Å². The number of likely N-dealkylation sites (tertiary alicyclic amines) is 1. The number of hydrogen-bond acceptors (Lipinski definition) is 4. The zero-order valence-electron chi connectivity index (χ0n) is 12.3. The lowest BCUT2D eigenvalue weighted by Crippen LogP contribution is -2.35. The van der Waals surface area contributed by atoms with Crippen molar-refractivity contribution in [2.45, 2.75) is 44.6 Å². The molecule has 1 aliphatic rings. The van der Waals surface area contributed by atoms with Crippen LogP contribution in [0.2, 0.25) is 0 Å². The molecule has 0 bridgehead atoms. The predicted octanol–water partition coefficient (Wildman–Crippen LogP) is 0.890. The van der Waals surface area contributed by atoms with Gasteiger partial charge in [-0.2, -0.15) is 0 Å². The molecule has 8 nitrogen and oxygen atoms in total. The van der Waals surface area contributed by atoms with Crippen LogP contribution in [-0.2, 0) is 9.13 Å². The second kappa shape index (κ2) is 6.38. The molecule has 21 heavy (non-hydrogen) atoms. The Hall–Kier alpha value is 0.220. The maximum atomic E-state index is 11.3. The summed E-state index contributed by atoms with van der Waals surface area (Å²) in [5.74, 6) is 0. The van der Waals surface area contributed by atoms with Gasteiger partial charge in [0.2, 0.25) is 0 Å². The van der Waals surface area contributed by atoms with Crippen molar-refractivity contribution >= 4 is 15.2 Å². The molecule has 1 aliphatic heterocycles. The Morgan fingerprint density at radius 1 is 1.10 bits per heavy atom. The summed E-state index contributed by atoms with van der Waals surface area (Å²) in [6, 6.07) is 0. The molecule has 10 heteroatoms. The molecule has 0 aromatic rings. The van der Waals surface area contributed by atoms with E-state index in [2.05, 4.69) is 13.8 Å². The highest BCUT2D eigenvalue weighted by molar-refractivity contribution is 7.72. The van der Waals surface area contributed by atoms with Gasteiger partial charge < -0.3 is 29.6 Å². The Morgan fingerprint density at radius 3 is 1.90 bits per heavy atom. The van der Waals surface area contributed by atoms with E-state index in [4.69, 9.17) is 19.6 Å². The van der Waals surface area contributed by atoms with Crippen molar-refractivity contribution in [2.75, 3.05) is 19.6 Å². The highest BCUT2D eigenvalue weighted by Crippen LogP contribution is 2.69. The highest BCUT2D eigenvalue weighted by atomic mass is 31.2. The molecule has 0 atom stereocenters. The third-order valence-corrected chi connectivity index (χ3v) is 8.59. The summed E-state index contributed by atoms with van der Waals surface area (Å²) in [4.78, 5) is 38.3. The maximum Gasteiger partial charge on any atom is 0.369 e. The van der Waals surface area contributed by atoms with E-state index in [0.29, 0.717) is 13.1 Å².